The number of hydrogen-bond donors (Lipinski definition) is 1. The summed E-state index contributed by atoms with van der Waals surface area (Å²) in [6.07, 6.45) is -0.536. The Bertz CT molecular complexity index is 876. The molecule has 4 nitrogen and oxygen atoms in total. The zero-order valence-electron chi connectivity index (χ0n) is 15.3. The number of carbonyl (C=O) groups excluding carboxylic acids is 2. The minimum absolute atomic E-state index is 0.367. The summed E-state index contributed by atoms with van der Waals surface area (Å²) in [6, 6.07) is 6.46. The number of aryl methyl sites for hydroxylation is 1. The fraction of sp³-hybridized carbons (Fsp3) is 0.400. The van der Waals surface area contributed by atoms with Gasteiger partial charge >= 0.3 is 12.1 Å². The van der Waals surface area contributed by atoms with Crippen LogP contribution in [0.25, 0.3) is 0 Å². The van der Waals surface area contributed by atoms with Crippen LogP contribution in [0.1, 0.15) is 45.4 Å². The lowest BCUT2D eigenvalue weighted by Crippen LogP contribution is -2.22. The van der Waals surface area contributed by atoms with Gasteiger partial charge in [-0.1, -0.05) is 25.5 Å². The number of amides is 1. The number of para-hydroxylation sites is 1. The molecule has 0 radical (unpaired) electrons. The maximum atomic E-state index is 13.0. The number of ether oxygens (including phenoxy) is 1. The van der Waals surface area contributed by atoms with Crippen molar-refractivity contribution >= 4 is 28.9 Å². The first-order valence-corrected chi connectivity index (χ1v) is 9.84. The Morgan fingerprint density at radius 2 is 2.04 bits per heavy atom. The number of hydrogen-bond acceptors (Lipinski definition) is 4. The van der Waals surface area contributed by atoms with Crippen molar-refractivity contribution in [1.82, 2.24) is 0 Å². The Balaban J connectivity index is 1.59. The summed E-state index contributed by atoms with van der Waals surface area (Å²) in [7, 11) is 0. The van der Waals surface area contributed by atoms with Crippen LogP contribution in [-0.4, -0.2) is 18.5 Å². The molecule has 1 aromatic heterocycles. The number of benzene rings is 1. The monoisotopic (exact) mass is 411 g/mol. The van der Waals surface area contributed by atoms with Crippen LogP contribution in [-0.2, 0) is 28.5 Å². The van der Waals surface area contributed by atoms with Crippen LogP contribution in [0.4, 0.5) is 18.9 Å². The molecule has 0 bridgehead atoms. The Kier molecular flexibility index (Phi) is 6.07. The summed E-state index contributed by atoms with van der Waals surface area (Å²) in [6.45, 7) is 1.50. The second-order valence-electron chi connectivity index (χ2n) is 6.74. The lowest BCUT2D eigenvalue weighted by Gasteiger charge is -2.19. The van der Waals surface area contributed by atoms with Gasteiger partial charge in [0.25, 0.3) is 5.91 Å². The van der Waals surface area contributed by atoms with E-state index in [9.17, 15) is 22.8 Å². The van der Waals surface area contributed by atoms with E-state index in [1.54, 1.807) is 6.07 Å². The van der Waals surface area contributed by atoms with Crippen LogP contribution in [0.2, 0.25) is 0 Å². The van der Waals surface area contributed by atoms with Crippen molar-refractivity contribution in [3.8, 4) is 0 Å². The average molecular weight is 411 g/mol. The molecular weight excluding hydrogens is 391 g/mol. The number of rotatable bonds is 5. The summed E-state index contributed by atoms with van der Waals surface area (Å²) in [5, 5.41) is 2.15. The van der Waals surface area contributed by atoms with Gasteiger partial charge in [0.2, 0.25) is 0 Å². The minimum Gasteiger partial charge on any atom is -0.451 e. The van der Waals surface area contributed by atoms with Crippen molar-refractivity contribution in [1.29, 1.82) is 0 Å². The summed E-state index contributed by atoms with van der Waals surface area (Å²) >= 11 is 1.36. The Hall–Kier alpha value is -2.35. The molecule has 0 spiro atoms. The van der Waals surface area contributed by atoms with Gasteiger partial charge in [-0.15, -0.1) is 11.3 Å². The highest BCUT2D eigenvalue weighted by atomic mass is 32.1. The highest BCUT2D eigenvalue weighted by Gasteiger charge is 2.33. The largest absolute Gasteiger partial charge is 0.451 e. The van der Waals surface area contributed by atoms with Crippen molar-refractivity contribution in [2.45, 2.75) is 38.8 Å². The van der Waals surface area contributed by atoms with Gasteiger partial charge in [0.15, 0.2) is 6.61 Å². The molecule has 1 atom stereocenters. The molecule has 1 aliphatic rings. The van der Waals surface area contributed by atoms with E-state index in [0.29, 0.717) is 10.8 Å². The average Bonchev–Trinajstić information content (AvgIpc) is 3.09. The highest BCUT2D eigenvalue weighted by molar-refractivity contribution is 7.14. The van der Waals surface area contributed by atoms with E-state index in [-0.39, 0.29) is 5.69 Å². The number of thiophene rings is 1. The summed E-state index contributed by atoms with van der Waals surface area (Å²) < 4.78 is 43.9. The molecule has 0 aliphatic heterocycles. The van der Waals surface area contributed by atoms with Crippen LogP contribution >= 0.6 is 11.3 Å². The molecule has 1 amide bonds. The minimum atomic E-state index is -4.59. The summed E-state index contributed by atoms with van der Waals surface area (Å²) in [5.74, 6) is -0.838. The number of anilines is 1. The van der Waals surface area contributed by atoms with Gasteiger partial charge in [-0.3, -0.25) is 4.79 Å². The van der Waals surface area contributed by atoms with Crippen LogP contribution in [0.5, 0.6) is 0 Å². The second kappa shape index (κ2) is 8.34. The quantitative estimate of drug-likeness (QED) is 0.699. The number of esters is 1. The van der Waals surface area contributed by atoms with Gasteiger partial charge in [0, 0.05) is 4.88 Å². The van der Waals surface area contributed by atoms with Crippen molar-refractivity contribution < 1.29 is 27.5 Å². The molecule has 0 saturated carbocycles. The first-order chi connectivity index (χ1) is 13.3. The van der Waals surface area contributed by atoms with Crippen molar-refractivity contribution in [2.75, 3.05) is 11.9 Å². The third kappa shape index (κ3) is 4.73. The molecule has 1 N–H and O–H groups in total. The Labute approximate surface area is 164 Å². The van der Waals surface area contributed by atoms with Crippen LogP contribution in [0.15, 0.2) is 30.3 Å². The van der Waals surface area contributed by atoms with Gasteiger partial charge in [0.1, 0.15) is 4.88 Å². The summed E-state index contributed by atoms with van der Waals surface area (Å²) in [4.78, 5) is 25.8. The first kappa shape index (κ1) is 20.4. The molecule has 0 saturated heterocycles. The van der Waals surface area contributed by atoms with Gasteiger partial charge in [-0.25, -0.2) is 4.79 Å². The number of carbonyl (C=O) groups is 2. The number of alkyl halides is 3. The van der Waals surface area contributed by atoms with E-state index in [0.717, 1.165) is 43.4 Å². The third-order valence-corrected chi connectivity index (χ3v) is 6.02. The molecule has 1 aliphatic carbocycles. The Morgan fingerprint density at radius 1 is 1.29 bits per heavy atom. The first-order valence-electron chi connectivity index (χ1n) is 9.02. The van der Waals surface area contributed by atoms with Crippen molar-refractivity contribution in [2.24, 2.45) is 5.92 Å². The van der Waals surface area contributed by atoms with E-state index in [2.05, 4.69) is 12.2 Å². The van der Waals surface area contributed by atoms with Gasteiger partial charge < -0.3 is 10.1 Å². The van der Waals surface area contributed by atoms with E-state index in [1.165, 1.54) is 28.3 Å². The van der Waals surface area contributed by atoms with E-state index >= 15 is 0 Å². The zero-order valence-corrected chi connectivity index (χ0v) is 16.1. The topological polar surface area (TPSA) is 55.4 Å². The molecule has 28 heavy (non-hydrogen) atoms. The highest BCUT2D eigenvalue weighted by Crippen LogP contribution is 2.35. The van der Waals surface area contributed by atoms with Gasteiger partial charge in [-0.2, -0.15) is 13.2 Å². The number of nitrogens with one attached hydrogen (secondary N) is 1. The SMILES string of the molecule is CCC1CCc2sc(C(=O)OCC(=O)Nc3ccccc3C(F)(F)F)cc2C1. The lowest BCUT2D eigenvalue weighted by molar-refractivity contribution is -0.137. The Morgan fingerprint density at radius 3 is 2.75 bits per heavy atom. The fourth-order valence-corrected chi connectivity index (χ4v) is 4.38. The molecule has 1 unspecified atom stereocenters. The predicted octanol–water partition coefficient (Wildman–Crippen LogP) is 5.08. The van der Waals surface area contributed by atoms with Crippen molar-refractivity contribution in [3.63, 3.8) is 0 Å². The molecule has 2 aromatic rings. The standard InChI is InChI=1S/C20H20F3NO3S/c1-2-12-7-8-16-13(9-12)10-17(28-16)19(26)27-11-18(25)24-15-6-4-3-5-14(15)20(21,22)23/h3-6,10,12H,2,7-9,11H2,1H3,(H,24,25). The molecule has 3 rings (SSSR count). The molecule has 0 fully saturated rings. The second-order valence-corrected chi connectivity index (χ2v) is 7.88. The van der Waals surface area contributed by atoms with Crippen LogP contribution < -0.4 is 5.32 Å². The van der Waals surface area contributed by atoms with Crippen LogP contribution in [0.3, 0.4) is 0 Å². The third-order valence-electron chi connectivity index (χ3n) is 4.80. The normalized spacial score (nSPS) is 16.4. The summed E-state index contributed by atoms with van der Waals surface area (Å²) in [5.41, 5.74) is -0.169. The van der Waals surface area contributed by atoms with Crippen LogP contribution in [0, 0.1) is 5.92 Å². The smallest absolute Gasteiger partial charge is 0.418 e. The maximum absolute atomic E-state index is 13.0. The lowest BCUT2D eigenvalue weighted by atomic mass is 9.87. The molecule has 1 heterocycles. The molecule has 8 heteroatoms. The number of halogens is 3. The fourth-order valence-electron chi connectivity index (χ4n) is 3.28. The van der Waals surface area contributed by atoms with E-state index < -0.39 is 30.2 Å². The van der Waals surface area contributed by atoms with E-state index in [1.807, 2.05) is 0 Å². The number of fused-ring (bicyclic) bond motifs is 1. The van der Waals surface area contributed by atoms with Gasteiger partial charge in [0.05, 0.1) is 11.3 Å². The van der Waals surface area contributed by atoms with Gasteiger partial charge in [-0.05, 0) is 48.9 Å². The predicted molar refractivity (Wildman–Crippen MR) is 100 cm³/mol. The van der Waals surface area contributed by atoms with Crippen molar-refractivity contribution in [3.05, 3.63) is 51.2 Å². The molecule has 150 valence electrons. The maximum Gasteiger partial charge on any atom is 0.418 e. The van der Waals surface area contributed by atoms with E-state index in [4.69, 9.17) is 4.74 Å². The molecule has 1 aromatic carbocycles. The zero-order chi connectivity index (χ0) is 20.3. The molecular formula is C20H20F3NO3S.